The first-order valence-corrected chi connectivity index (χ1v) is 7.25. The van der Waals surface area contributed by atoms with Gasteiger partial charge >= 0.3 is 5.97 Å². The number of β-amino-alcohol motifs (C(OH)–C–C–N with tert-alkyl or cyclic N) is 1. The van der Waals surface area contributed by atoms with E-state index in [1.807, 2.05) is 6.92 Å². The maximum atomic E-state index is 12.0. The summed E-state index contributed by atoms with van der Waals surface area (Å²) >= 11 is 1.31. The summed E-state index contributed by atoms with van der Waals surface area (Å²) in [6.07, 6.45) is -0.829. The van der Waals surface area contributed by atoms with E-state index in [0.29, 0.717) is 4.88 Å². The second-order valence-electron chi connectivity index (χ2n) is 4.88. The third kappa shape index (κ3) is 3.59. The average molecular weight is 312 g/mol. The van der Waals surface area contributed by atoms with Crippen LogP contribution >= 0.6 is 11.3 Å². The summed E-state index contributed by atoms with van der Waals surface area (Å²) in [4.78, 5) is 37.4. The number of carboxylic acids is 1. The van der Waals surface area contributed by atoms with Gasteiger partial charge in [-0.2, -0.15) is 0 Å². The Morgan fingerprint density at radius 3 is 2.71 bits per heavy atom. The highest BCUT2D eigenvalue weighted by Crippen LogP contribution is 2.18. The van der Waals surface area contributed by atoms with Gasteiger partial charge in [0, 0.05) is 17.8 Å². The number of aliphatic carboxylic acids is 1. The number of aliphatic hydroxyl groups excluding tert-OH is 1. The second kappa shape index (κ2) is 6.23. The molecule has 7 nitrogen and oxygen atoms in total. The molecule has 114 valence electrons. The lowest BCUT2D eigenvalue weighted by Crippen LogP contribution is -2.45. The van der Waals surface area contributed by atoms with Gasteiger partial charge in [0.15, 0.2) is 0 Å². The van der Waals surface area contributed by atoms with Crippen LogP contribution in [0.25, 0.3) is 0 Å². The zero-order chi connectivity index (χ0) is 15.6. The molecule has 8 heteroatoms. The molecule has 0 bridgehead atoms. The molecule has 2 rings (SSSR count). The molecule has 0 spiro atoms. The van der Waals surface area contributed by atoms with Gasteiger partial charge in [-0.15, -0.1) is 11.3 Å². The first-order chi connectivity index (χ1) is 9.88. The van der Waals surface area contributed by atoms with Crippen LogP contribution in [0.3, 0.4) is 0 Å². The molecule has 0 aliphatic carbocycles. The van der Waals surface area contributed by atoms with E-state index in [1.165, 1.54) is 11.3 Å². The number of hydrogen-bond donors (Lipinski definition) is 3. The summed E-state index contributed by atoms with van der Waals surface area (Å²) in [5, 5.41) is 21.0. The van der Waals surface area contributed by atoms with Crippen molar-refractivity contribution in [1.82, 2.24) is 10.2 Å². The van der Waals surface area contributed by atoms with Gasteiger partial charge in [0.25, 0.3) is 5.91 Å². The summed E-state index contributed by atoms with van der Waals surface area (Å²) < 4.78 is 0. The van der Waals surface area contributed by atoms with Crippen molar-refractivity contribution in [3.8, 4) is 0 Å². The highest BCUT2D eigenvalue weighted by molar-refractivity contribution is 7.13. The van der Waals surface area contributed by atoms with Gasteiger partial charge < -0.3 is 20.4 Å². The van der Waals surface area contributed by atoms with Gasteiger partial charge in [0.1, 0.15) is 6.04 Å². The Bertz CT molecular complexity index is 571. The number of nitrogens with zero attached hydrogens (tertiary/aromatic N) is 1. The number of hydrogen-bond acceptors (Lipinski definition) is 5. The van der Waals surface area contributed by atoms with E-state index in [4.69, 9.17) is 5.11 Å². The highest BCUT2D eigenvalue weighted by atomic mass is 32.1. The van der Waals surface area contributed by atoms with Gasteiger partial charge in [-0.05, 0) is 19.1 Å². The van der Waals surface area contributed by atoms with Crippen LogP contribution < -0.4 is 5.32 Å². The first-order valence-electron chi connectivity index (χ1n) is 6.43. The molecule has 2 amide bonds. The van der Waals surface area contributed by atoms with Crippen molar-refractivity contribution in [2.24, 2.45) is 0 Å². The Morgan fingerprint density at radius 1 is 1.43 bits per heavy atom. The minimum atomic E-state index is -1.15. The summed E-state index contributed by atoms with van der Waals surface area (Å²) in [6, 6.07) is 2.44. The minimum Gasteiger partial charge on any atom is -0.480 e. The van der Waals surface area contributed by atoms with Gasteiger partial charge in [-0.3, -0.25) is 9.59 Å². The van der Waals surface area contributed by atoms with Gasteiger partial charge in [-0.25, -0.2) is 4.79 Å². The van der Waals surface area contributed by atoms with Crippen LogP contribution in [0, 0.1) is 6.92 Å². The number of aryl methyl sites for hydroxylation is 1. The van der Waals surface area contributed by atoms with Crippen LogP contribution in [0.4, 0.5) is 0 Å². The number of carbonyl (C=O) groups is 3. The van der Waals surface area contributed by atoms with Crippen molar-refractivity contribution >= 4 is 29.1 Å². The zero-order valence-corrected chi connectivity index (χ0v) is 12.2. The number of carbonyl (C=O) groups excluding carboxylic acids is 2. The van der Waals surface area contributed by atoms with Crippen LogP contribution in [0.5, 0.6) is 0 Å². The third-order valence-corrected chi connectivity index (χ3v) is 4.25. The van der Waals surface area contributed by atoms with E-state index < -0.39 is 24.0 Å². The van der Waals surface area contributed by atoms with E-state index in [1.54, 1.807) is 12.1 Å². The largest absolute Gasteiger partial charge is 0.480 e. The molecule has 21 heavy (non-hydrogen) atoms. The lowest BCUT2D eigenvalue weighted by molar-refractivity contribution is -0.147. The van der Waals surface area contributed by atoms with Gasteiger partial charge in [0.05, 0.1) is 17.5 Å². The van der Waals surface area contributed by atoms with Crippen molar-refractivity contribution in [2.75, 3.05) is 13.1 Å². The van der Waals surface area contributed by atoms with Crippen LogP contribution in [-0.4, -0.2) is 58.1 Å². The number of thiophene rings is 1. The van der Waals surface area contributed by atoms with Gasteiger partial charge in [-0.1, -0.05) is 0 Å². The number of nitrogens with one attached hydrogen (secondary N) is 1. The maximum absolute atomic E-state index is 12.0. The van der Waals surface area contributed by atoms with Crippen LogP contribution in [-0.2, 0) is 9.59 Å². The smallest absolute Gasteiger partial charge is 0.326 e. The Kier molecular flexibility index (Phi) is 4.59. The predicted molar refractivity (Wildman–Crippen MR) is 75.1 cm³/mol. The Labute approximate surface area is 125 Å². The topological polar surface area (TPSA) is 107 Å². The van der Waals surface area contributed by atoms with E-state index in [2.05, 4.69) is 5.32 Å². The molecule has 0 radical (unpaired) electrons. The Hall–Kier alpha value is -1.93. The van der Waals surface area contributed by atoms with Crippen LogP contribution in [0.1, 0.15) is 21.0 Å². The summed E-state index contributed by atoms with van der Waals surface area (Å²) in [5.74, 6) is -2.03. The molecule has 1 fully saturated rings. The van der Waals surface area contributed by atoms with Crippen molar-refractivity contribution in [3.05, 3.63) is 21.9 Å². The fourth-order valence-corrected chi connectivity index (χ4v) is 3.01. The molecule has 2 atom stereocenters. The molecule has 1 aliphatic heterocycles. The Morgan fingerprint density at radius 2 is 2.14 bits per heavy atom. The second-order valence-corrected chi connectivity index (χ2v) is 6.17. The number of aliphatic hydroxyl groups is 1. The molecule has 1 aromatic rings. The monoisotopic (exact) mass is 312 g/mol. The fourth-order valence-electron chi connectivity index (χ4n) is 2.22. The van der Waals surface area contributed by atoms with Crippen molar-refractivity contribution in [1.29, 1.82) is 0 Å². The highest BCUT2D eigenvalue weighted by Gasteiger charge is 2.38. The third-order valence-electron chi connectivity index (χ3n) is 3.25. The van der Waals surface area contributed by atoms with Crippen LogP contribution in [0.2, 0.25) is 0 Å². The predicted octanol–water partition coefficient (Wildman–Crippen LogP) is -0.167. The van der Waals surface area contributed by atoms with Crippen molar-refractivity contribution in [2.45, 2.75) is 25.5 Å². The molecular weight excluding hydrogens is 296 g/mol. The zero-order valence-electron chi connectivity index (χ0n) is 11.4. The normalized spacial score (nSPS) is 21.3. The van der Waals surface area contributed by atoms with E-state index >= 15 is 0 Å². The number of carboxylic acid groups (broad SMARTS) is 1. The van der Waals surface area contributed by atoms with E-state index in [0.717, 1.165) is 9.78 Å². The molecule has 1 aliphatic rings. The lowest BCUT2D eigenvalue weighted by Gasteiger charge is -2.21. The van der Waals surface area contributed by atoms with E-state index in [-0.39, 0.29) is 25.4 Å². The number of likely N-dealkylation sites (tertiary alicyclic amines) is 1. The van der Waals surface area contributed by atoms with E-state index in [9.17, 15) is 19.5 Å². The standard InChI is InChI=1S/C13H16N2O5S/c1-7-2-3-10(21-7)12(18)14-5-11(17)15-6-8(16)4-9(15)13(19)20/h2-3,8-9,16H,4-6H2,1H3,(H,14,18)(H,19,20)/t8?,9-/m0/s1. The molecule has 1 aromatic heterocycles. The maximum Gasteiger partial charge on any atom is 0.326 e. The first kappa shape index (κ1) is 15.5. The van der Waals surface area contributed by atoms with Crippen molar-refractivity contribution in [3.63, 3.8) is 0 Å². The molecular formula is C13H16N2O5S. The summed E-state index contributed by atoms with van der Waals surface area (Å²) in [6.45, 7) is 1.56. The summed E-state index contributed by atoms with van der Waals surface area (Å²) in [5.41, 5.74) is 0. The molecule has 3 N–H and O–H groups in total. The Balaban J connectivity index is 1.92. The minimum absolute atomic E-state index is 0.0130. The molecule has 2 heterocycles. The number of amides is 2. The molecule has 1 saturated heterocycles. The van der Waals surface area contributed by atoms with Gasteiger partial charge in [0.2, 0.25) is 5.91 Å². The molecule has 1 unspecified atom stereocenters. The number of rotatable bonds is 4. The molecule has 0 saturated carbocycles. The molecule has 0 aromatic carbocycles. The summed E-state index contributed by atoms with van der Waals surface area (Å²) in [7, 11) is 0. The average Bonchev–Trinajstić information content (AvgIpc) is 3.01. The fraction of sp³-hybridized carbons (Fsp3) is 0.462. The van der Waals surface area contributed by atoms with Crippen molar-refractivity contribution < 1.29 is 24.6 Å². The SMILES string of the molecule is Cc1ccc(C(=O)NCC(=O)N2CC(O)C[C@H]2C(=O)O)s1. The lowest BCUT2D eigenvalue weighted by atomic mass is 10.2. The van der Waals surface area contributed by atoms with Crippen LogP contribution in [0.15, 0.2) is 12.1 Å². The quantitative estimate of drug-likeness (QED) is 0.716.